The van der Waals surface area contributed by atoms with Crippen molar-refractivity contribution >= 4 is 26.4 Å². The lowest BCUT2D eigenvalue weighted by Gasteiger charge is -2.31. The van der Waals surface area contributed by atoms with Crippen LogP contribution in [-0.2, 0) is 17.3 Å². The third-order valence-electron chi connectivity index (χ3n) is 7.00. The molecule has 196 valence electrons. The number of halogens is 3. The summed E-state index contributed by atoms with van der Waals surface area (Å²) in [4.78, 5) is 16.2. The first-order chi connectivity index (χ1) is 17.7. The molecule has 5 rings (SSSR count). The highest BCUT2D eigenvalue weighted by Crippen LogP contribution is 2.41. The van der Waals surface area contributed by atoms with Gasteiger partial charge in [-0.2, -0.15) is 13.2 Å². The van der Waals surface area contributed by atoms with Gasteiger partial charge in [-0.3, -0.25) is 9.51 Å². The van der Waals surface area contributed by atoms with E-state index in [0.29, 0.717) is 16.4 Å². The molecule has 0 aliphatic carbocycles. The molecule has 0 radical (unpaired) electrons. The molecule has 0 bridgehead atoms. The number of hydrogen-bond donors (Lipinski definition) is 1. The van der Waals surface area contributed by atoms with Crippen LogP contribution in [0.25, 0.3) is 21.5 Å². The maximum absolute atomic E-state index is 13.3. The Hall–Kier alpha value is -3.11. The van der Waals surface area contributed by atoms with Gasteiger partial charge in [0.1, 0.15) is 0 Å². The molecule has 1 aliphatic heterocycles. The summed E-state index contributed by atoms with van der Waals surface area (Å²) < 4.78 is 50.8. The zero-order valence-corrected chi connectivity index (χ0v) is 21.5. The molecule has 2 aromatic heterocycles. The summed E-state index contributed by atoms with van der Waals surface area (Å²) in [6.45, 7) is 7.00. The van der Waals surface area contributed by atoms with E-state index in [2.05, 4.69) is 25.6 Å². The molecule has 37 heavy (non-hydrogen) atoms. The van der Waals surface area contributed by atoms with Gasteiger partial charge in [0.15, 0.2) is 5.82 Å². The highest BCUT2D eigenvalue weighted by Gasteiger charge is 2.31. The first kappa shape index (κ1) is 25.5. The number of ether oxygens (including phenoxy) is 1. The average Bonchev–Trinajstić information content (AvgIpc) is 3.44. The van der Waals surface area contributed by atoms with Gasteiger partial charge in [-0.1, -0.05) is 29.4 Å². The van der Waals surface area contributed by atoms with Crippen molar-refractivity contribution in [1.29, 1.82) is 0 Å². The number of anilines is 1. The molecule has 0 spiro atoms. The number of H-pyrrole nitrogens is 1. The monoisotopic (exact) mass is 531 g/mol. The fourth-order valence-electron chi connectivity index (χ4n) is 4.96. The second kappa shape index (κ2) is 10.3. The number of aromatic nitrogens is 2. The summed E-state index contributed by atoms with van der Waals surface area (Å²) in [7, 11) is 0. The number of nitrogens with one attached hydrogen (secondary N) is 1. The lowest BCUT2D eigenvalue weighted by atomic mass is 9.99. The first-order valence-electron chi connectivity index (χ1n) is 12.3. The van der Waals surface area contributed by atoms with E-state index in [1.807, 2.05) is 26.0 Å². The Labute approximate surface area is 216 Å². The first-order valence-corrected chi connectivity index (χ1v) is 13.1. The fraction of sp³-hybridized carbons (Fsp3) is 0.407. The summed E-state index contributed by atoms with van der Waals surface area (Å²) in [5.74, 6) is 0.273. The number of benzene rings is 2. The highest BCUT2D eigenvalue weighted by molar-refractivity contribution is 7.23. The van der Waals surface area contributed by atoms with Crippen LogP contribution in [0.15, 0.2) is 45.7 Å². The van der Waals surface area contributed by atoms with Crippen molar-refractivity contribution in [3.8, 4) is 11.4 Å². The van der Waals surface area contributed by atoms with Crippen LogP contribution in [0.5, 0.6) is 0 Å². The standard InChI is InChI=1S/C27H28F3N3O3S/c1-16-13-18(3-5-21(16)24-31-26(34)36-32-24)7-10-33(15-19-8-11-35-12-9-19)25-17(2)22-6-4-20(27(28,29)30)14-23(22)37-25/h3-6,13-14,19H,7-12,15H2,1-2H3,(H,31,32,34). The van der Waals surface area contributed by atoms with Crippen LogP contribution in [0.2, 0.25) is 0 Å². The molecule has 1 fully saturated rings. The van der Waals surface area contributed by atoms with Crippen molar-refractivity contribution in [2.75, 3.05) is 31.2 Å². The van der Waals surface area contributed by atoms with Crippen molar-refractivity contribution in [2.24, 2.45) is 5.92 Å². The zero-order chi connectivity index (χ0) is 26.2. The predicted molar refractivity (Wildman–Crippen MR) is 138 cm³/mol. The van der Waals surface area contributed by atoms with Gasteiger partial charge in [0.05, 0.1) is 10.6 Å². The van der Waals surface area contributed by atoms with Crippen LogP contribution >= 0.6 is 11.3 Å². The van der Waals surface area contributed by atoms with Crippen LogP contribution in [0.3, 0.4) is 0 Å². The van der Waals surface area contributed by atoms with Gasteiger partial charge in [-0.05, 0) is 73.2 Å². The maximum atomic E-state index is 13.3. The zero-order valence-electron chi connectivity index (χ0n) is 20.7. The molecular formula is C27H28F3N3O3S. The van der Waals surface area contributed by atoms with E-state index in [4.69, 9.17) is 4.74 Å². The average molecular weight is 532 g/mol. The number of rotatable bonds is 7. The van der Waals surface area contributed by atoms with Crippen LogP contribution in [0, 0.1) is 19.8 Å². The van der Waals surface area contributed by atoms with Crippen LogP contribution in [-0.4, -0.2) is 36.4 Å². The smallest absolute Gasteiger partial charge is 0.381 e. The van der Waals surface area contributed by atoms with Crippen LogP contribution < -0.4 is 10.7 Å². The largest absolute Gasteiger partial charge is 0.439 e. The van der Waals surface area contributed by atoms with Crippen molar-refractivity contribution in [1.82, 2.24) is 10.1 Å². The molecule has 4 aromatic rings. The lowest BCUT2D eigenvalue weighted by molar-refractivity contribution is -0.137. The molecule has 6 nitrogen and oxygen atoms in total. The molecule has 0 atom stereocenters. The maximum Gasteiger partial charge on any atom is 0.439 e. The Morgan fingerprint density at radius 2 is 1.92 bits per heavy atom. The van der Waals surface area contributed by atoms with E-state index in [1.165, 1.54) is 23.5 Å². The fourth-order valence-corrected chi connectivity index (χ4v) is 6.25. The van der Waals surface area contributed by atoms with Gasteiger partial charge < -0.3 is 9.64 Å². The number of thiophene rings is 1. The minimum absolute atomic E-state index is 0.398. The van der Waals surface area contributed by atoms with E-state index >= 15 is 0 Å². The molecular weight excluding hydrogens is 503 g/mol. The minimum Gasteiger partial charge on any atom is -0.381 e. The number of fused-ring (bicyclic) bond motifs is 1. The Morgan fingerprint density at radius 1 is 1.14 bits per heavy atom. The van der Waals surface area contributed by atoms with Gasteiger partial charge in [0.25, 0.3) is 0 Å². The van der Waals surface area contributed by atoms with E-state index in [1.54, 1.807) is 6.07 Å². The minimum atomic E-state index is -4.36. The van der Waals surface area contributed by atoms with Gasteiger partial charge in [0.2, 0.25) is 0 Å². The second-order valence-corrected chi connectivity index (χ2v) is 10.6. The van der Waals surface area contributed by atoms with E-state index in [9.17, 15) is 18.0 Å². The number of alkyl halides is 3. The van der Waals surface area contributed by atoms with Gasteiger partial charge >= 0.3 is 11.9 Å². The summed E-state index contributed by atoms with van der Waals surface area (Å²) >= 11 is 1.43. The van der Waals surface area contributed by atoms with Gasteiger partial charge in [-0.15, -0.1) is 11.3 Å². The number of aromatic amines is 1. The molecule has 0 unspecified atom stereocenters. The van der Waals surface area contributed by atoms with Crippen LogP contribution in [0.1, 0.15) is 35.1 Å². The molecule has 10 heteroatoms. The molecule has 0 saturated carbocycles. The molecule has 3 heterocycles. The Morgan fingerprint density at radius 3 is 2.59 bits per heavy atom. The quantitative estimate of drug-likeness (QED) is 0.301. The summed E-state index contributed by atoms with van der Waals surface area (Å²) in [5.41, 5.74) is 3.29. The van der Waals surface area contributed by atoms with Crippen molar-refractivity contribution in [2.45, 2.75) is 39.3 Å². The second-order valence-electron chi connectivity index (χ2n) is 9.59. The van der Waals surface area contributed by atoms with E-state index < -0.39 is 17.5 Å². The summed E-state index contributed by atoms with van der Waals surface area (Å²) in [6, 6.07) is 10.0. The van der Waals surface area contributed by atoms with E-state index in [-0.39, 0.29) is 0 Å². The third kappa shape index (κ3) is 5.60. The SMILES string of the molecule is Cc1cc(CCN(CC2CCOCC2)c2sc3cc(C(F)(F)F)ccc3c2C)ccc1-c1noc(=O)[nH]1. The number of hydrogen-bond acceptors (Lipinski definition) is 6. The molecule has 1 saturated heterocycles. The summed E-state index contributed by atoms with van der Waals surface area (Å²) in [6.07, 6.45) is -1.65. The third-order valence-corrected chi connectivity index (χ3v) is 8.32. The Kier molecular flexibility index (Phi) is 7.13. The number of aryl methyl sites for hydroxylation is 2. The van der Waals surface area contributed by atoms with E-state index in [0.717, 1.165) is 78.2 Å². The molecule has 1 aliphatic rings. The molecule has 1 N–H and O–H groups in total. The molecule has 0 amide bonds. The number of nitrogens with zero attached hydrogens (tertiary/aromatic N) is 2. The van der Waals surface area contributed by atoms with Crippen molar-refractivity contribution < 1.29 is 22.4 Å². The van der Waals surface area contributed by atoms with Gasteiger partial charge in [0, 0.05) is 36.6 Å². The Bertz CT molecular complexity index is 1450. The van der Waals surface area contributed by atoms with Crippen molar-refractivity contribution in [3.05, 3.63) is 69.2 Å². The predicted octanol–water partition coefficient (Wildman–Crippen LogP) is 6.36. The van der Waals surface area contributed by atoms with Crippen LogP contribution in [0.4, 0.5) is 18.2 Å². The Balaban J connectivity index is 1.41. The van der Waals surface area contributed by atoms with Gasteiger partial charge in [-0.25, -0.2) is 4.79 Å². The summed E-state index contributed by atoms with van der Waals surface area (Å²) in [5, 5.41) is 5.67. The topological polar surface area (TPSA) is 71.4 Å². The van der Waals surface area contributed by atoms with Crippen molar-refractivity contribution in [3.63, 3.8) is 0 Å². The lowest BCUT2D eigenvalue weighted by Crippen LogP contribution is -2.34. The highest BCUT2D eigenvalue weighted by atomic mass is 32.1. The normalized spacial score (nSPS) is 14.9. The molecule has 2 aromatic carbocycles.